The summed E-state index contributed by atoms with van der Waals surface area (Å²) in [7, 11) is 0. The Labute approximate surface area is 121 Å². The van der Waals surface area contributed by atoms with Crippen molar-refractivity contribution in [1.29, 1.82) is 0 Å². The lowest BCUT2D eigenvalue weighted by Gasteiger charge is -2.54. The number of hydrogen-bond acceptors (Lipinski definition) is 1. The van der Waals surface area contributed by atoms with Gasteiger partial charge in [0.1, 0.15) is 5.78 Å². The summed E-state index contributed by atoms with van der Waals surface area (Å²) in [4.78, 5) is 13.0. The van der Waals surface area contributed by atoms with Crippen LogP contribution in [-0.2, 0) is 4.79 Å². The van der Waals surface area contributed by atoms with Crippen LogP contribution in [0.5, 0.6) is 0 Å². The monoisotopic (exact) mass is 268 g/mol. The Balaban J connectivity index is 1.80. The predicted molar refractivity (Wildman–Crippen MR) is 81.1 cm³/mol. The Morgan fingerprint density at radius 3 is 2.90 bits per heavy atom. The molecule has 4 aliphatic carbocycles. The molecule has 0 aromatic heterocycles. The first-order valence-electron chi connectivity index (χ1n) is 8.12. The van der Waals surface area contributed by atoms with E-state index in [4.69, 9.17) is 0 Å². The van der Waals surface area contributed by atoms with E-state index in [2.05, 4.69) is 44.2 Å². The summed E-state index contributed by atoms with van der Waals surface area (Å²) in [6, 6.07) is 0. The van der Waals surface area contributed by atoms with Gasteiger partial charge >= 0.3 is 0 Å². The minimum absolute atomic E-state index is 0.110. The number of ketones is 1. The molecule has 0 spiro atoms. The van der Waals surface area contributed by atoms with Gasteiger partial charge < -0.3 is 0 Å². The van der Waals surface area contributed by atoms with Gasteiger partial charge in [0.05, 0.1) is 0 Å². The predicted octanol–water partition coefficient (Wildman–Crippen LogP) is 4.46. The minimum atomic E-state index is 0.110. The zero-order valence-electron chi connectivity index (χ0n) is 12.6. The fraction of sp³-hybridized carbons (Fsp3) is 0.632. The molecule has 0 amide bonds. The van der Waals surface area contributed by atoms with E-state index in [0.29, 0.717) is 17.6 Å². The Kier molecular flexibility index (Phi) is 2.50. The summed E-state index contributed by atoms with van der Waals surface area (Å²) in [6.07, 6.45) is 17.0. The van der Waals surface area contributed by atoms with Crippen molar-refractivity contribution in [2.45, 2.75) is 46.0 Å². The van der Waals surface area contributed by atoms with Crippen LogP contribution in [0.3, 0.4) is 0 Å². The molecule has 0 aromatic carbocycles. The number of carbonyl (C=O) groups excluding carboxylic acids is 1. The van der Waals surface area contributed by atoms with Gasteiger partial charge in [-0.15, -0.1) is 0 Å². The third kappa shape index (κ3) is 1.47. The largest absolute Gasteiger partial charge is 0.299 e. The molecular formula is C19H24O. The van der Waals surface area contributed by atoms with Gasteiger partial charge in [-0.05, 0) is 48.5 Å². The van der Waals surface area contributed by atoms with Crippen LogP contribution in [0, 0.1) is 28.6 Å². The molecule has 1 fully saturated rings. The van der Waals surface area contributed by atoms with Crippen molar-refractivity contribution in [1.82, 2.24) is 0 Å². The first-order valence-corrected chi connectivity index (χ1v) is 8.12. The topological polar surface area (TPSA) is 17.1 Å². The summed E-state index contributed by atoms with van der Waals surface area (Å²) in [5, 5.41) is 0. The van der Waals surface area contributed by atoms with Gasteiger partial charge in [-0.1, -0.05) is 44.2 Å². The second kappa shape index (κ2) is 3.96. The van der Waals surface area contributed by atoms with Crippen molar-refractivity contribution in [3.05, 3.63) is 36.0 Å². The molecule has 0 aliphatic heterocycles. The van der Waals surface area contributed by atoms with E-state index in [1.165, 1.54) is 12.0 Å². The van der Waals surface area contributed by atoms with Crippen LogP contribution in [0.25, 0.3) is 0 Å². The van der Waals surface area contributed by atoms with Crippen molar-refractivity contribution in [2.75, 3.05) is 0 Å². The van der Waals surface area contributed by atoms with E-state index in [1.54, 1.807) is 0 Å². The van der Waals surface area contributed by atoms with Crippen LogP contribution >= 0.6 is 0 Å². The first-order chi connectivity index (χ1) is 9.55. The highest BCUT2D eigenvalue weighted by Crippen LogP contribution is 2.61. The second-order valence-electron chi connectivity index (χ2n) is 7.79. The van der Waals surface area contributed by atoms with Crippen LogP contribution < -0.4 is 0 Å². The summed E-state index contributed by atoms with van der Waals surface area (Å²) in [6.45, 7) is 4.65. The molecule has 0 bridgehead atoms. The molecule has 0 unspecified atom stereocenters. The molecule has 5 atom stereocenters. The van der Waals surface area contributed by atoms with Crippen LogP contribution in [-0.4, -0.2) is 5.78 Å². The van der Waals surface area contributed by atoms with E-state index in [-0.39, 0.29) is 16.7 Å². The number of fused-ring (bicyclic) bond motifs is 5. The van der Waals surface area contributed by atoms with Gasteiger partial charge in [0.15, 0.2) is 0 Å². The number of rotatable bonds is 0. The van der Waals surface area contributed by atoms with E-state index in [9.17, 15) is 4.79 Å². The van der Waals surface area contributed by atoms with Crippen LogP contribution in [0.2, 0.25) is 0 Å². The quantitative estimate of drug-likeness (QED) is 0.593. The molecule has 1 heteroatoms. The summed E-state index contributed by atoms with van der Waals surface area (Å²) >= 11 is 0. The van der Waals surface area contributed by atoms with Gasteiger partial charge in [0.25, 0.3) is 0 Å². The molecule has 1 saturated carbocycles. The zero-order chi connectivity index (χ0) is 14.0. The fourth-order valence-electron chi connectivity index (χ4n) is 5.64. The molecule has 106 valence electrons. The molecule has 0 radical (unpaired) electrons. The maximum Gasteiger partial charge on any atom is 0.138 e. The number of allylic oxidation sites excluding steroid dienone is 6. The zero-order valence-corrected chi connectivity index (χ0v) is 12.6. The fourth-order valence-corrected chi connectivity index (χ4v) is 5.64. The van der Waals surface area contributed by atoms with E-state index >= 15 is 0 Å². The number of carbonyl (C=O) groups is 1. The molecule has 4 aliphatic rings. The Morgan fingerprint density at radius 2 is 2.05 bits per heavy atom. The molecular weight excluding hydrogens is 244 g/mol. The van der Waals surface area contributed by atoms with Crippen molar-refractivity contribution in [2.24, 2.45) is 28.6 Å². The third-order valence-corrected chi connectivity index (χ3v) is 6.67. The van der Waals surface area contributed by atoms with Crippen LogP contribution in [0.4, 0.5) is 0 Å². The lowest BCUT2D eigenvalue weighted by Crippen LogP contribution is -2.52. The highest BCUT2D eigenvalue weighted by Gasteiger charge is 2.57. The lowest BCUT2D eigenvalue weighted by atomic mass is 9.48. The number of Topliss-reactive ketones (excluding diaryl/α,β-unsaturated/α-hetero) is 1. The van der Waals surface area contributed by atoms with Gasteiger partial charge in [0.2, 0.25) is 0 Å². The van der Waals surface area contributed by atoms with Gasteiger partial charge in [0, 0.05) is 17.8 Å². The molecule has 1 nitrogen and oxygen atoms in total. The molecule has 0 N–H and O–H groups in total. The normalized spacial score (nSPS) is 49.4. The Bertz CT molecular complexity index is 552. The van der Waals surface area contributed by atoms with Crippen LogP contribution in [0.1, 0.15) is 46.0 Å². The summed E-state index contributed by atoms with van der Waals surface area (Å²) in [5.74, 6) is 2.05. The maximum atomic E-state index is 13.0. The van der Waals surface area contributed by atoms with Crippen LogP contribution in [0.15, 0.2) is 36.0 Å². The molecule has 0 aromatic rings. The van der Waals surface area contributed by atoms with Crippen molar-refractivity contribution < 1.29 is 4.79 Å². The lowest BCUT2D eigenvalue weighted by molar-refractivity contribution is -0.139. The van der Waals surface area contributed by atoms with Gasteiger partial charge in [-0.2, -0.15) is 0 Å². The number of hydrogen-bond donors (Lipinski definition) is 0. The standard InChI is InChI=1S/C19H24O/c1-18-10-5-7-15(18)14-9-8-13-6-3-4-11-19(13,2)17(14)16(20)12-18/h3,5-6,8,10,14-15,17H,4,7,9,11-12H2,1-2H3/t14-,15-,17+,18-,19-/m0/s1. The van der Waals surface area contributed by atoms with Crippen molar-refractivity contribution in [3.63, 3.8) is 0 Å². The SMILES string of the molecule is C[C@@]12C=CC[C@H]1[C@@H]1CC=C3C=CCC[C@]3(C)[C@H]1C(=O)C2. The van der Waals surface area contributed by atoms with Gasteiger partial charge in [-0.25, -0.2) is 0 Å². The highest BCUT2D eigenvalue weighted by molar-refractivity contribution is 5.85. The van der Waals surface area contributed by atoms with Gasteiger partial charge in [-0.3, -0.25) is 4.79 Å². The van der Waals surface area contributed by atoms with Crippen molar-refractivity contribution in [3.8, 4) is 0 Å². The average Bonchev–Trinajstić information content (AvgIpc) is 2.78. The third-order valence-electron chi connectivity index (χ3n) is 6.67. The summed E-state index contributed by atoms with van der Waals surface area (Å²) < 4.78 is 0. The molecule has 4 rings (SSSR count). The van der Waals surface area contributed by atoms with Crippen molar-refractivity contribution >= 4 is 5.78 Å². The Hall–Kier alpha value is -1.11. The van der Waals surface area contributed by atoms with E-state index in [0.717, 1.165) is 25.7 Å². The molecule has 20 heavy (non-hydrogen) atoms. The summed E-state index contributed by atoms with van der Waals surface area (Å²) in [5.41, 5.74) is 1.69. The first kappa shape index (κ1) is 12.6. The highest BCUT2D eigenvalue weighted by atomic mass is 16.1. The average molecular weight is 268 g/mol. The second-order valence-corrected chi connectivity index (χ2v) is 7.79. The Morgan fingerprint density at radius 1 is 1.20 bits per heavy atom. The smallest absolute Gasteiger partial charge is 0.138 e. The van der Waals surface area contributed by atoms with E-state index in [1.807, 2.05) is 0 Å². The molecule has 0 heterocycles. The maximum absolute atomic E-state index is 13.0. The minimum Gasteiger partial charge on any atom is -0.299 e. The van der Waals surface area contributed by atoms with E-state index < -0.39 is 0 Å². The molecule has 0 saturated heterocycles.